The lowest BCUT2D eigenvalue weighted by Crippen LogP contribution is -2.46. The van der Waals surface area contributed by atoms with Crippen LogP contribution >= 0.6 is 24.8 Å². The highest BCUT2D eigenvalue weighted by molar-refractivity contribution is 5.85. The third-order valence-electron chi connectivity index (χ3n) is 3.96. The molecule has 112 valence electrons. The highest BCUT2D eigenvalue weighted by Gasteiger charge is 2.34. The van der Waals surface area contributed by atoms with Crippen LogP contribution in [0.25, 0.3) is 11.2 Å². The van der Waals surface area contributed by atoms with Crippen LogP contribution in [0.1, 0.15) is 12.0 Å². The maximum Gasteiger partial charge on any atom is 0.300 e. The molecule has 0 amide bonds. The van der Waals surface area contributed by atoms with Gasteiger partial charge < -0.3 is 9.32 Å². The van der Waals surface area contributed by atoms with E-state index in [0.717, 1.165) is 32.6 Å². The molecule has 2 aliphatic heterocycles. The predicted molar refractivity (Wildman–Crippen MR) is 83.2 cm³/mol. The molecule has 0 spiro atoms. The lowest BCUT2D eigenvalue weighted by atomic mass is 10.2. The quantitative estimate of drug-likeness (QED) is 0.795. The molecular formula is C13H15Cl2N5O. The van der Waals surface area contributed by atoms with E-state index in [1.165, 1.54) is 6.20 Å². The first-order valence-corrected chi connectivity index (χ1v) is 6.49. The van der Waals surface area contributed by atoms with E-state index in [1.54, 1.807) is 6.07 Å². The zero-order chi connectivity index (χ0) is 12.8. The molecule has 0 saturated carbocycles. The smallest absolute Gasteiger partial charge is 0.300 e. The molecule has 2 unspecified atom stereocenters. The van der Waals surface area contributed by atoms with Gasteiger partial charge in [0.05, 0.1) is 5.56 Å². The number of aromatic nitrogens is 2. The summed E-state index contributed by atoms with van der Waals surface area (Å²) in [6, 6.07) is 4.90. The van der Waals surface area contributed by atoms with Crippen LogP contribution in [0.4, 0.5) is 6.01 Å². The van der Waals surface area contributed by atoms with Crippen LogP contribution in [0.2, 0.25) is 0 Å². The van der Waals surface area contributed by atoms with Gasteiger partial charge in [-0.05, 0) is 6.42 Å². The van der Waals surface area contributed by atoms with Crippen molar-refractivity contribution < 1.29 is 4.42 Å². The van der Waals surface area contributed by atoms with Crippen molar-refractivity contribution in [1.82, 2.24) is 14.9 Å². The van der Waals surface area contributed by atoms with Crippen molar-refractivity contribution in [3.63, 3.8) is 0 Å². The minimum Gasteiger partial charge on any atom is -0.422 e. The van der Waals surface area contributed by atoms with E-state index >= 15 is 0 Å². The van der Waals surface area contributed by atoms with Crippen molar-refractivity contribution in [3.8, 4) is 6.07 Å². The molecule has 2 aromatic rings. The minimum absolute atomic E-state index is 0. The van der Waals surface area contributed by atoms with E-state index in [9.17, 15) is 0 Å². The molecule has 2 aromatic heterocycles. The largest absolute Gasteiger partial charge is 0.422 e. The second-order valence-corrected chi connectivity index (χ2v) is 5.09. The van der Waals surface area contributed by atoms with Crippen LogP contribution in [0, 0.1) is 11.3 Å². The zero-order valence-electron chi connectivity index (χ0n) is 11.2. The second-order valence-electron chi connectivity index (χ2n) is 5.09. The molecule has 0 radical (unpaired) electrons. The minimum atomic E-state index is 0. The van der Waals surface area contributed by atoms with E-state index in [0.29, 0.717) is 28.9 Å². The van der Waals surface area contributed by atoms with Gasteiger partial charge in [0.1, 0.15) is 6.07 Å². The molecule has 0 aliphatic carbocycles. The average Bonchev–Trinajstić information content (AvgIpc) is 3.02. The fourth-order valence-electron chi connectivity index (χ4n) is 2.95. The Kier molecular flexibility index (Phi) is 4.57. The number of fused-ring (bicyclic) bond motifs is 3. The number of anilines is 1. The van der Waals surface area contributed by atoms with E-state index in [4.69, 9.17) is 9.68 Å². The van der Waals surface area contributed by atoms with Crippen LogP contribution in [0.15, 0.2) is 16.7 Å². The third kappa shape index (κ3) is 2.64. The Hall–Kier alpha value is -1.55. The van der Waals surface area contributed by atoms with E-state index < -0.39 is 0 Å². The summed E-state index contributed by atoms with van der Waals surface area (Å²) in [5.41, 5.74) is 1.67. The maximum atomic E-state index is 8.87. The third-order valence-corrected chi connectivity index (χ3v) is 3.96. The van der Waals surface area contributed by atoms with Gasteiger partial charge in [-0.2, -0.15) is 10.2 Å². The van der Waals surface area contributed by atoms with Crippen LogP contribution in [0.3, 0.4) is 0 Å². The Morgan fingerprint density at radius 1 is 1.29 bits per heavy atom. The van der Waals surface area contributed by atoms with Gasteiger partial charge in [0.25, 0.3) is 6.01 Å². The Morgan fingerprint density at radius 2 is 2.14 bits per heavy atom. The lowest BCUT2D eigenvalue weighted by molar-refractivity contribution is 0.304. The number of hydrogen-bond acceptors (Lipinski definition) is 6. The topological polar surface area (TPSA) is 69.2 Å². The molecule has 6 nitrogen and oxygen atoms in total. The first kappa shape index (κ1) is 15.8. The van der Waals surface area contributed by atoms with Gasteiger partial charge in [-0.25, -0.2) is 4.98 Å². The number of rotatable bonds is 1. The van der Waals surface area contributed by atoms with Crippen LogP contribution in [0.5, 0.6) is 0 Å². The summed E-state index contributed by atoms with van der Waals surface area (Å²) in [5.74, 6) is 0. The molecule has 21 heavy (non-hydrogen) atoms. The first-order chi connectivity index (χ1) is 9.33. The molecular weight excluding hydrogens is 313 g/mol. The summed E-state index contributed by atoms with van der Waals surface area (Å²) in [5, 5.41) is 8.87. The molecule has 8 heteroatoms. The normalized spacial score (nSPS) is 23.3. The van der Waals surface area contributed by atoms with E-state index in [-0.39, 0.29) is 24.8 Å². The molecule has 2 atom stereocenters. The Morgan fingerprint density at radius 3 is 2.95 bits per heavy atom. The van der Waals surface area contributed by atoms with Crippen molar-refractivity contribution in [3.05, 3.63) is 17.8 Å². The number of pyridine rings is 1. The van der Waals surface area contributed by atoms with Crippen molar-refractivity contribution in [1.29, 1.82) is 5.26 Å². The van der Waals surface area contributed by atoms with Gasteiger partial charge in [-0.15, -0.1) is 24.8 Å². The Labute approximate surface area is 134 Å². The summed E-state index contributed by atoms with van der Waals surface area (Å²) < 4.78 is 5.78. The second kappa shape index (κ2) is 6.06. The zero-order valence-corrected chi connectivity index (χ0v) is 12.9. The standard InChI is InChI=1S/C13H13N5O.2ClH/c14-6-9-5-11-12(15-7-9)16-13(19-11)18-4-3-17-2-1-10(18)8-17;;/h5,7,10H,1-4,8H2;2*1H. The van der Waals surface area contributed by atoms with Gasteiger partial charge in [0.2, 0.25) is 5.65 Å². The highest BCUT2D eigenvalue weighted by atomic mass is 35.5. The van der Waals surface area contributed by atoms with Gasteiger partial charge in [-0.1, -0.05) is 0 Å². The van der Waals surface area contributed by atoms with Gasteiger partial charge in [0, 0.05) is 44.5 Å². The highest BCUT2D eigenvalue weighted by Crippen LogP contribution is 2.28. The molecule has 2 saturated heterocycles. The van der Waals surface area contributed by atoms with Crippen molar-refractivity contribution in [2.45, 2.75) is 12.5 Å². The summed E-state index contributed by atoms with van der Waals surface area (Å²) >= 11 is 0. The molecule has 2 bridgehead atoms. The number of piperazine rings is 1. The summed E-state index contributed by atoms with van der Waals surface area (Å²) in [6.45, 7) is 4.27. The summed E-state index contributed by atoms with van der Waals surface area (Å²) in [7, 11) is 0. The van der Waals surface area contributed by atoms with Crippen LogP contribution < -0.4 is 4.90 Å². The fraction of sp³-hybridized carbons (Fsp3) is 0.462. The molecule has 4 heterocycles. The number of nitriles is 1. The Balaban J connectivity index is 0.000000807. The molecule has 4 rings (SSSR count). The number of oxazole rings is 1. The van der Waals surface area contributed by atoms with E-state index in [2.05, 4.69) is 25.8 Å². The molecule has 2 fully saturated rings. The number of hydrogen-bond donors (Lipinski definition) is 0. The predicted octanol–water partition coefficient (Wildman–Crippen LogP) is 1.83. The van der Waals surface area contributed by atoms with Gasteiger partial charge in [-0.3, -0.25) is 4.90 Å². The Bertz CT molecular complexity index is 683. The van der Waals surface area contributed by atoms with Crippen LogP contribution in [-0.4, -0.2) is 47.1 Å². The van der Waals surface area contributed by atoms with Crippen LogP contribution in [-0.2, 0) is 0 Å². The van der Waals surface area contributed by atoms with Gasteiger partial charge >= 0.3 is 0 Å². The molecule has 0 N–H and O–H groups in total. The lowest BCUT2D eigenvalue weighted by Gasteiger charge is -2.32. The van der Waals surface area contributed by atoms with Gasteiger partial charge in [0.15, 0.2) is 5.58 Å². The van der Waals surface area contributed by atoms with Crippen molar-refractivity contribution in [2.24, 2.45) is 0 Å². The number of halogens is 2. The number of nitrogens with zero attached hydrogens (tertiary/aromatic N) is 5. The SMILES string of the molecule is Cl.Cl.N#Cc1cnc2nc(N3CCN4CCC3C4)oc2c1. The average molecular weight is 328 g/mol. The fourth-order valence-corrected chi connectivity index (χ4v) is 2.95. The van der Waals surface area contributed by atoms with E-state index in [1.807, 2.05) is 0 Å². The first-order valence-electron chi connectivity index (χ1n) is 6.49. The summed E-state index contributed by atoms with van der Waals surface area (Å²) in [6.07, 6.45) is 2.69. The molecule has 0 aromatic carbocycles. The maximum absolute atomic E-state index is 8.87. The van der Waals surface area contributed by atoms with Crippen molar-refractivity contribution in [2.75, 3.05) is 31.1 Å². The molecule has 2 aliphatic rings. The monoisotopic (exact) mass is 327 g/mol. The summed E-state index contributed by atoms with van der Waals surface area (Å²) in [4.78, 5) is 13.3. The van der Waals surface area contributed by atoms with Crippen molar-refractivity contribution >= 4 is 42.1 Å².